The van der Waals surface area contributed by atoms with Gasteiger partial charge in [-0.15, -0.1) is 11.3 Å². The van der Waals surface area contributed by atoms with Crippen LogP contribution in [0.25, 0.3) is 20.8 Å². The number of para-hydroxylation sites is 1. The lowest BCUT2D eigenvalue weighted by Gasteiger charge is -2.26. The van der Waals surface area contributed by atoms with Gasteiger partial charge in [0.05, 0.1) is 22.9 Å². The molecule has 4 aromatic rings. The van der Waals surface area contributed by atoms with Crippen LogP contribution >= 0.6 is 11.3 Å². The van der Waals surface area contributed by atoms with E-state index in [2.05, 4.69) is 10.3 Å². The number of aromatic nitrogens is 2. The zero-order chi connectivity index (χ0) is 19.8. The number of fused-ring (bicyclic) bond motifs is 2. The lowest BCUT2D eigenvalue weighted by Crippen LogP contribution is -2.32. The third kappa shape index (κ3) is 3.47. The van der Waals surface area contributed by atoms with E-state index in [1.807, 2.05) is 61.5 Å². The van der Waals surface area contributed by atoms with E-state index in [9.17, 15) is 4.79 Å². The quantitative estimate of drug-likeness (QED) is 0.529. The number of nitrogens with zero attached hydrogens (tertiary/aromatic N) is 2. The normalized spacial score (nSPS) is 15.6. The van der Waals surface area contributed by atoms with Gasteiger partial charge in [0.2, 0.25) is 0 Å². The summed E-state index contributed by atoms with van der Waals surface area (Å²) in [7, 11) is 0. The van der Waals surface area contributed by atoms with Crippen molar-refractivity contribution >= 4 is 27.5 Å². The smallest absolute Gasteiger partial charge is 0.251 e. The number of hydrogen-bond donors (Lipinski definition) is 1. The Labute approximate surface area is 172 Å². The number of nitrogens with one attached hydrogen (secondary N) is 1. The second-order valence-electron chi connectivity index (χ2n) is 7.09. The minimum absolute atomic E-state index is 0.0417. The van der Waals surface area contributed by atoms with Crippen LogP contribution in [0.3, 0.4) is 0 Å². The van der Waals surface area contributed by atoms with Crippen LogP contribution in [-0.4, -0.2) is 22.5 Å². The molecule has 0 aliphatic carbocycles. The molecule has 1 aliphatic rings. The Balaban J connectivity index is 1.41. The predicted octanol–water partition coefficient (Wildman–Crippen LogP) is 4.92. The van der Waals surface area contributed by atoms with Gasteiger partial charge < -0.3 is 10.1 Å². The Kier molecular flexibility index (Phi) is 4.48. The van der Waals surface area contributed by atoms with Crippen molar-refractivity contribution in [2.75, 3.05) is 6.61 Å². The predicted molar refractivity (Wildman–Crippen MR) is 114 cm³/mol. The Morgan fingerprint density at radius 3 is 2.97 bits per heavy atom. The van der Waals surface area contributed by atoms with Gasteiger partial charge in [0, 0.05) is 35.0 Å². The van der Waals surface area contributed by atoms with Gasteiger partial charge in [0.25, 0.3) is 5.91 Å². The molecule has 2 aromatic carbocycles. The SMILES string of the molecule is Cc1cc(-c2nc3ccc(C(=O)N[C@H]4CCOc5ccccc54)cc3s2)ccn1. The average Bonchev–Trinajstić information content (AvgIpc) is 3.17. The van der Waals surface area contributed by atoms with Crippen molar-refractivity contribution in [3.8, 4) is 16.3 Å². The van der Waals surface area contributed by atoms with Crippen molar-refractivity contribution in [1.29, 1.82) is 0 Å². The lowest BCUT2D eigenvalue weighted by atomic mass is 10.00. The van der Waals surface area contributed by atoms with E-state index in [-0.39, 0.29) is 11.9 Å². The first kappa shape index (κ1) is 17.8. The molecule has 0 fully saturated rings. The van der Waals surface area contributed by atoms with E-state index in [1.54, 1.807) is 17.5 Å². The van der Waals surface area contributed by atoms with E-state index < -0.39 is 0 Å². The third-order valence-corrected chi connectivity index (χ3v) is 6.13. The summed E-state index contributed by atoms with van der Waals surface area (Å²) < 4.78 is 6.68. The summed E-state index contributed by atoms with van der Waals surface area (Å²) in [5, 5.41) is 4.09. The number of carbonyl (C=O) groups is 1. The number of rotatable bonds is 3. The Morgan fingerprint density at radius 1 is 1.17 bits per heavy atom. The van der Waals surface area contributed by atoms with E-state index in [4.69, 9.17) is 9.72 Å². The first-order chi connectivity index (χ1) is 14.2. The summed E-state index contributed by atoms with van der Waals surface area (Å²) in [5.41, 5.74) is 4.57. The minimum atomic E-state index is -0.0803. The molecule has 1 aliphatic heterocycles. The monoisotopic (exact) mass is 401 g/mol. The van der Waals surface area contributed by atoms with Crippen LogP contribution in [-0.2, 0) is 0 Å². The highest BCUT2D eigenvalue weighted by Crippen LogP contribution is 2.33. The highest BCUT2D eigenvalue weighted by molar-refractivity contribution is 7.21. The van der Waals surface area contributed by atoms with Crippen molar-refractivity contribution in [2.45, 2.75) is 19.4 Å². The van der Waals surface area contributed by atoms with Gasteiger partial charge >= 0.3 is 0 Å². The summed E-state index contributed by atoms with van der Waals surface area (Å²) in [6, 6.07) is 17.5. The lowest BCUT2D eigenvalue weighted by molar-refractivity contribution is 0.0925. The molecule has 1 atom stereocenters. The molecule has 6 heteroatoms. The van der Waals surface area contributed by atoms with Gasteiger partial charge in [-0.25, -0.2) is 4.98 Å². The van der Waals surface area contributed by atoms with Crippen molar-refractivity contribution in [2.24, 2.45) is 0 Å². The maximum atomic E-state index is 12.9. The van der Waals surface area contributed by atoms with E-state index >= 15 is 0 Å². The molecular weight excluding hydrogens is 382 g/mol. The van der Waals surface area contributed by atoms with Crippen molar-refractivity contribution in [1.82, 2.24) is 15.3 Å². The molecular formula is C23H19N3O2S. The first-order valence-electron chi connectivity index (χ1n) is 9.53. The second-order valence-corrected chi connectivity index (χ2v) is 8.12. The van der Waals surface area contributed by atoms with Crippen LogP contribution in [0.15, 0.2) is 60.8 Å². The molecule has 5 rings (SSSR count). The number of ether oxygens (including phenoxy) is 1. The van der Waals surface area contributed by atoms with Crippen LogP contribution in [0.1, 0.15) is 34.1 Å². The number of hydrogen-bond acceptors (Lipinski definition) is 5. The molecule has 2 aromatic heterocycles. The molecule has 0 saturated carbocycles. The summed E-state index contributed by atoms with van der Waals surface area (Å²) in [5.74, 6) is 0.766. The average molecular weight is 401 g/mol. The molecule has 29 heavy (non-hydrogen) atoms. The van der Waals surface area contributed by atoms with Gasteiger partial charge in [0.1, 0.15) is 10.8 Å². The topological polar surface area (TPSA) is 64.1 Å². The van der Waals surface area contributed by atoms with Crippen molar-refractivity contribution in [3.63, 3.8) is 0 Å². The number of pyridine rings is 1. The largest absolute Gasteiger partial charge is 0.493 e. The summed E-state index contributed by atoms with van der Waals surface area (Å²) in [6.07, 6.45) is 2.55. The molecule has 3 heterocycles. The van der Waals surface area contributed by atoms with E-state index in [0.717, 1.165) is 44.2 Å². The van der Waals surface area contributed by atoms with Gasteiger partial charge in [-0.2, -0.15) is 0 Å². The molecule has 144 valence electrons. The molecule has 0 radical (unpaired) electrons. The van der Waals surface area contributed by atoms with Crippen molar-refractivity contribution < 1.29 is 9.53 Å². The van der Waals surface area contributed by atoms with Gasteiger partial charge in [0.15, 0.2) is 0 Å². The van der Waals surface area contributed by atoms with Crippen LogP contribution < -0.4 is 10.1 Å². The molecule has 5 nitrogen and oxygen atoms in total. The number of benzene rings is 2. The minimum Gasteiger partial charge on any atom is -0.493 e. The number of carbonyl (C=O) groups excluding carboxylic acids is 1. The van der Waals surface area contributed by atoms with Crippen LogP contribution in [0.4, 0.5) is 0 Å². The Morgan fingerprint density at radius 2 is 2.07 bits per heavy atom. The number of amides is 1. The highest BCUT2D eigenvalue weighted by Gasteiger charge is 2.23. The molecule has 1 N–H and O–H groups in total. The molecule has 0 spiro atoms. The van der Waals surface area contributed by atoms with Crippen LogP contribution in [0.5, 0.6) is 5.75 Å². The second kappa shape index (κ2) is 7.29. The standard InChI is InChI=1S/C23H19N3O2S/c1-14-12-16(8-10-24-14)23-26-19-7-6-15(13-21(19)29-23)22(27)25-18-9-11-28-20-5-3-2-4-17(18)20/h2-8,10,12-13,18H,9,11H2,1H3,(H,25,27)/t18-/m0/s1. The summed E-state index contributed by atoms with van der Waals surface area (Å²) >= 11 is 1.59. The molecule has 0 bridgehead atoms. The zero-order valence-electron chi connectivity index (χ0n) is 15.9. The molecule has 0 saturated heterocycles. The number of thiazole rings is 1. The van der Waals surface area contributed by atoms with Crippen LogP contribution in [0.2, 0.25) is 0 Å². The fraction of sp³-hybridized carbons (Fsp3) is 0.174. The van der Waals surface area contributed by atoms with Gasteiger partial charge in [-0.1, -0.05) is 18.2 Å². The third-order valence-electron chi connectivity index (χ3n) is 5.06. The van der Waals surface area contributed by atoms with Gasteiger partial charge in [-0.3, -0.25) is 9.78 Å². The maximum absolute atomic E-state index is 12.9. The fourth-order valence-electron chi connectivity index (χ4n) is 3.60. The maximum Gasteiger partial charge on any atom is 0.251 e. The van der Waals surface area contributed by atoms with Crippen LogP contribution in [0, 0.1) is 6.92 Å². The van der Waals surface area contributed by atoms with Gasteiger partial charge in [-0.05, 0) is 43.3 Å². The first-order valence-corrected chi connectivity index (χ1v) is 10.4. The summed E-state index contributed by atoms with van der Waals surface area (Å²) in [6.45, 7) is 2.57. The Bertz CT molecular complexity index is 1220. The fourth-order valence-corrected chi connectivity index (χ4v) is 4.60. The van der Waals surface area contributed by atoms with E-state index in [0.29, 0.717) is 12.2 Å². The molecule has 0 unspecified atom stereocenters. The molecule has 1 amide bonds. The highest BCUT2D eigenvalue weighted by atomic mass is 32.1. The van der Waals surface area contributed by atoms with E-state index in [1.165, 1.54) is 0 Å². The van der Waals surface area contributed by atoms with Crippen molar-refractivity contribution in [3.05, 3.63) is 77.6 Å². The number of aryl methyl sites for hydroxylation is 1. The zero-order valence-corrected chi connectivity index (χ0v) is 16.7. The Hall–Kier alpha value is -3.25. The summed E-state index contributed by atoms with van der Waals surface area (Å²) in [4.78, 5) is 21.9.